The van der Waals surface area contributed by atoms with Crippen molar-refractivity contribution in [2.24, 2.45) is 0 Å². The molecule has 4 nitrogen and oxygen atoms in total. The summed E-state index contributed by atoms with van der Waals surface area (Å²) in [6.07, 6.45) is 4.38. The van der Waals surface area contributed by atoms with Crippen LogP contribution in [0.4, 0.5) is 0 Å². The van der Waals surface area contributed by atoms with Crippen LogP contribution in [0.1, 0.15) is 18.2 Å². The average molecular weight is 315 g/mol. The maximum absolute atomic E-state index is 11.5. The van der Waals surface area contributed by atoms with Crippen molar-refractivity contribution >= 4 is 31.3 Å². The van der Waals surface area contributed by atoms with Crippen LogP contribution in [0.2, 0.25) is 0 Å². The van der Waals surface area contributed by atoms with E-state index in [0.29, 0.717) is 6.42 Å². The van der Waals surface area contributed by atoms with E-state index in [4.69, 9.17) is 0 Å². The molecule has 1 fully saturated rings. The molecule has 2 aromatic rings. The third-order valence-corrected chi connectivity index (χ3v) is 5.58. The highest BCUT2D eigenvalue weighted by molar-refractivity contribution is 9.10. The Morgan fingerprint density at radius 1 is 1.47 bits per heavy atom. The minimum atomic E-state index is -2.87. The molecule has 0 bridgehead atoms. The van der Waals surface area contributed by atoms with Gasteiger partial charge in [0.05, 0.1) is 23.2 Å². The molecule has 1 unspecified atom stereocenters. The molecule has 17 heavy (non-hydrogen) atoms. The molecular weight excluding hydrogens is 304 g/mol. The van der Waals surface area contributed by atoms with E-state index < -0.39 is 9.84 Å². The van der Waals surface area contributed by atoms with Crippen LogP contribution in [-0.4, -0.2) is 29.3 Å². The van der Waals surface area contributed by atoms with Crippen molar-refractivity contribution in [1.82, 2.24) is 9.38 Å². The zero-order chi connectivity index (χ0) is 12.0. The largest absolute Gasteiger partial charge is 0.302 e. The summed E-state index contributed by atoms with van der Waals surface area (Å²) in [4.78, 5) is 4.37. The second-order valence-electron chi connectivity index (χ2n) is 4.33. The van der Waals surface area contributed by atoms with Gasteiger partial charge in [-0.1, -0.05) is 0 Å². The molecule has 2 aromatic heterocycles. The lowest BCUT2D eigenvalue weighted by molar-refractivity contribution is 0.601. The number of aromatic nitrogens is 2. The van der Waals surface area contributed by atoms with Gasteiger partial charge in [0.25, 0.3) is 0 Å². The molecule has 0 saturated carbocycles. The molecule has 0 spiro atoms. The molecule has 0 amide bonds. The number of pyridine rings is 1. The van der Waals surface area contributed by atoms with Crippen LogP contribution in [-0.2, 0) is 9.84 Å². The Labute approximate surface area is 108 Å². The Balaban J connectivity index is 2.11. The maximum atomic E-state index is 11.5. The van der Waals surface area contributed by atoms with Crippen LogP contribution in [0.15, 0.2) is 29.0 Å². The van der Waals surface area contributed by atoms with Gasteiger partial charge in [-0.3, -0.25) is 0 Å². The summed E-state index contributed by atoms with van der Waals surface area (Å²) in [5.74, 6) is 1.37. The van der Waals surface area contributed by atoms with E-state index in [1.54, 1.807) is 6.20 Å². The molecule has 0 aliphatic carbocycles. The SMILES string of the molecule is O=S1(=O)CCC(c2ncc3c(Br)cccn23)C1. The number of hydrogen-bond donors (Lipinski definition) is 0. The molecule has 1 saturated heterocycles. The van der Waals surface area contributed by atoms with Gasteiger partial charge in [0.15, 0.2) is 9.84 Å². The first-order chi connectivity index (χ1) is 8.07. The molecule has 1 aliphatic rings. The van der Waals surface area contributed by atoms with E-state index in [1.165, 1.54) is 0 Å². The summed E-state index contributed by atoms with van der Waals surface area (Å²) in [6.45, 7) is 0. The van der Waals surface area contributed by atoms with Crippen molar-refractivity contribution in [3.63, 3.8) is 0 Å². The predicted molar refractivity (Wildman–Crippen MR) is 68.9 cm³/mol. The van der Waals surface area contributed by atoms with E-state index in [0.717, 1.165) is 15.8 Å². The molecule has 6 heteroatoms. The minimum Gasteiger partial charge on any atom is -0.302 e. The highest BCUT2D eigenvalue weighted by Crippen LogP contribution is 2.29. The summed E-state index contributed by atoms with van der Waals surface area (Å²) in [6, 6.07) is 3.87. The predicted octanol–water partition coefficient (Wildman–Crippen LogP) is 2.00. The van der Waals surface area contributed by atoms with Gasteiger partial charge >= 0.3 is 0 Å². The van der Waals surface area contributed by atoms with E-state index in [-0.39, 0.29) is 17.4 Å². The van der Waals surface area contributed by atoms with Crippen LogP contribution in [0.3, 0.4) is 0 Å². The summed E-state index contributed by atoms with van der Waals surface area (Å²) >= 11 is 3.46. The first kappa shape index (κ1) is 11.2. The molecular formula is C11H11BrN2O2S. The van der Waals surface area contributed by atoms with E-state index in [9.17, 15) is 8.42 Å². The lowest BCUT2D eigenvalue weighted by Crippen LogP contribution is -2.07. The second-order valence-corrected chi connectivity index (χ2v) is 7.41. The monoisotopic (exact) mass is 314 g/mol. The molecule has 0 radical (unpaired) electrons. The zero-order valence-corrected chi connectivity index (χ0v) is 11.4. The number of fused-ring (bicyclic) bond motifs is 1. The van der Waals surface area contributed by atoms with Gasteiger partial charge in [-0.2, -0.15) is 0 Å². The van der Waals surface area contributed by atoms with Gasteiger partial charge in [-0.25, -0.2) is 13.4 Å². The van der Waals surface area contributed by atoms with Crippen LogP contribution in [0, 0.1) is 0 Å². The number of sulfone groups is 1. The summed E-state index contributed by atoms with van der Waals surface area (Å²) < 4.78 is 25.9. The van der Waals surface area contributed by atoms with Gasteiger partial charge in [0.2, 0.25) is 0 Å². The topological polar surface area (TPSA) is 51.4 Å². The first-order valence-electron chi connectivity index (χ1n) is 5.39. The Hall–Kier alpha value is -0.880. The van der Waals surface area contributed by atoms with Crippen LogP contribution in [0.25, 0.3) is 5.52 Å². The third kappa shape index (κ3) is 1.89. The van der Waals surface area contributed by atoms with Crippen molar-refractivity contribution < 1.29 is 8.42 Å². The fourth-order valence-electron chi connectivity index (χ4n) is 2.31. The quantitative estimate of drug-likeness (QED) is 0.809. The number of rotatable bonds is 1. The van der Waals surface area contributed by atoms with E-state index >= 15 is 0 Å². The highest BCUT2D eigenvalue weighted by Gasteiger charge is 2.31. The van der Waals surface area contributed by atoms with Crippen molar-refractivity contribution in [3.05, 3.63) is 34.8 Å². The van der Waals surface area contributed by atoms with E-state index in [2.05, 4.69) is 20.9 Å². The Morgan fingerprint density at radius 3 is 3.00 bits per heavy atom. The number of hydrogen-bond acceptors (Lipinski definition) is 3. The Morgan fingerprint density at radius 2 is 2.29 bits per heavy atom. The van der Waals surface area contributed by atoms with Crippen molar-refractivity contribution in [1.29, 1.82) is 0 Å². The second kappa shape index (κ2) is 3.81. The Kier molecular flexibility index (Phi) is 2.52. The lowest BCUT2D eigenvalue weighted by Gasteiger charge is -2.06. The smallest absolute Gasteiger partial charge is 0.151 e. The van der Waals surface area contributed by atoms with Gasteiger partial charge in [-0.05, 0) is 34.5 Å². The first-order valence-corrected chi connectivity index (χ1v) is 8.00. The molecule has 3 rings (SSSR count). The van der Waals surface area contributed by atoms with Gasteiger partial charge < -0.3 is 4.40 Å². The lowest BCUT2D eigenvalue weighted by atomic mass is 10.1. The molecule has 0 aromatic carbocycles. The molecule has 1 atom stereocenters. The molecule has 0 N–H and O–H groups in total. The van der Waals surface area contributed by atoms with Crippen molar-refractivity contribution in [2.75, 3.05) is 11.5 Å². The number of nitrogens with zero attached hydrogens (tertiary/aromatic N) is 2. The summed E-state index contributed by atoms with van der Waals surface area (Å²) in [5.41, 5.74) is 0.979. The van der Waals surface area contributed by atoms with Gasteiger partial charge in [0.1, 0.15) is 5.82 Å². The van der Waals surface area contributed by atoms with Crippen LogP contribution in [0.5, 0.6) is 0 Å². The van der Waals surface area contributed by atoms with Crippen molar-refractivity contribution in [2.45, 2.75) is 12.3 Å². The highest BCUT2D eigenvalue weighted by atomic mass is 79.9. The van der Waals surface area contributed by atoms with Crippen LogP contribution >= 0.6 is 15.9 Å². The van der Waals surface area contributed by atoms with Crippen LogP contribution < -0.4 is 0 Å². The minimum absolute atomic E-state index is 0.0248. The number of halogens is 1. The van der Waals surface area contributed by atoms with Gasteiger partial charge in [0, 0.05) is 16.6 Å². The average Bonchev–Trinajstić information content (AvgIpc) is 2.82. The summed E-state index contributed by atoms with van der Waals surface area (Å²) in [7, 11) is -2.87. The fraction of sp³-hybridized carbons (Fsp3) is 0.364. The third-order valence-electron chi connectivity index (χ3n) is 3.15. The molecule has 3 heterocycles. The molecule has 90 valence electrons. The van der Waals surface area contributed by atoms with E-state index in [1.807, 2.05) is 22.7 Å². The van der Waals surface area contributed by atoms with Gasteiger partial charge in [-0.15, -0.1) is 0 Å². The fourth-order valence-corrected chi connectivity index (χ4v) is 4.49. The maximum Gasteiger partial charge on any atom is 0.151 e. The standard InChI is InChI=1S/C11H11BrN2O2S/c12-9-2-1-4-14-10(9)6-13-11(14)8-3-5-17(15,16)7-8/h1-2,4,6,8H,3,5,7H2. The normalized spacial score (nSPS) is 23.2. The number of imidazole rings is 1. The van der Waals surface area contributed by atoms with Crippen molar-refractivity contribution in [3.8, 4) is 0 Å². The summed E-state index contributed by atoms with van der Waals surface area (Å²) in [5, 5.41) is 0. The Bertz CT molecular complexity index is 678. The molecule has 1 aliphatic heterocycles. The zero-order valence-electron chi connectivity index (χ0n) is 9.01.